The van der Waals surface area contributed by atoms with Gasteiger partial charge in [0.25, 0.3) is 5.91 Å². The SMILES string of the molecule is CCCc1cc(C(=O)N2CCO[C@H](C(=O)O)C2)sc1C. The normalized spacial score (nSPS) is 19.1. The van der Waals surface area contributed by atoms with Gasteiger partial charge in [-0.1, -0.05) is 13.3 Å². The summed E-state index contributed by atoms with van der Waals surface area (Å²) in [6.45, 7) is 4.97. The molecular weight excluding hydrogens is 278 g/mol. The third kappa shape index (κ3) is 3.19. The van der Waals surface area contributed by atoms with Gasteiger partial charge in [-0.3, -0.25) is 4.79 Å². The maximum absolute atomic E-state index is 12.4. The van der Waals surface area contributed by atoms with Crippen LogP contribution in [-0.4, -0.2) is 47.7 Å². The van der Waals surface area contributed by atoms with E-state index >= 15 is 0 Å². The number of aryl methyl sites for hydroxylation is 2. The number of hydrogen-bond acceptors (Lipinski definition) is 4. The van der Waals surface area contributed by atoms with Crippen LogP contribution < -0.4 is 0 Å². The molecule has 1 fully saturated rings. The first-order valence-corrected chi connectivity index (χ1v) is 7.57. The number of amides is 1. The molecule has 20 heavy (non-hydrogen) atoms. The zero-order chi connectivity index (χ0) is 14.7. The molecule has 1 aromatic heterocycles. The van der Waals surface area contributed by atoms with Gasteiger partial charge in [-0.25, -0.2) is 4.79 Å². The van der Waals surface area contributed by atoms with Gasteiger partial charge < -0.3 is 14.7 Å². The number of morpholine rings is 1. The van der Waals surface area contributed by atoms with Crippen molar-refractivity contribution in [2.45, 2.75) is 32.8 Å². The van der Waals surface area contributed by atoms with Crippen LogP contribution in [0.3, 0.4) is 0 Å². The van der Waals surface area contributed by atoms with Crippen LogP contribution in [0.15, 0.2) is 6.07 Å². The number of thiophene rings is 1. The second kappa shape index (κ2) is 6.37. The van der Waals surface area contributed by atoms with E-state index in [0.717, 1.165) is 12.8 Å². The lowest BCUT2D eigenvalue weighted by Gasteiger charge is -2.30. The predicted octanol–water partition coefficient (Wildman–Crippen LogP) is 1.93. The topological polar surface area (TPSA) is 66.8 Å². The molecule has 2 rings (SSSR count). The largest absolute Gasteiger partial charge is 0.479 e. The molecule has 0 aliphatic carbocycles. The van der Waals surface area contributed by atoms with Gasteiger partial charge in [0, 0.05) is 11.4 Å². The van der Waals surface area contributed by atoms with Crippen molar-refractivity contribution in [1.29, 1.82) is 0 Å². The van der Waals surface area contributed by atoms with Gasteiger partial charge in [0.1, 0.15) is 0 Å². The second-order valence-electron chi connectivity index (χ2n) is 4.89. The molecular formula is C14H19NO4S. The van der Waals surface area contributed by atoms with Crippen LogP contribution in [-0.2, 0) is 16.0 Å². The van der Waals surface area contributed by atoms with E-state index in [2.05, 4.69) is 6.92 Å². The van der Waals surface area contributed by atoms with Crippen LogP contribution in [0.2, 0.25) is 0 Å². The third-order valence-electron chi connectivity index (χ3n) is 3.38. The Kier molecular flexibility index (Phi) is 4.77. The Hall–Kier alpha value is -1.40. The Morgan fingerprint density at radius 2 is 2.30 bits per heavy atom. The Bertz CT molecular complexity index is 511. The van der Waals surface area contributed by atoms with E-state index in [-0.39, 0.29) is 19.1 Å². The van der Waals surface area contributed by atoms with E-state index in [9.17, 15) is 9.59 Å². The molecule has 0 saturated carbocycles. The molecule has 6 heteroatoms. The molecule has 5 nitrogen and oxygen atoms in total. The molecule has 2 heterocycles. The van der Waals surface area contributed by atoms with E-state index in [1.807, 2.05) is 13.0 Å². The van der Waals surface area contributed by atoms with Crippen LogP contribution in [0.4, 0.5) is 0 Å². The lowest BCUT2D eigenvalue weighted by atomic mass is 10.1. The molecule has 0 unspecified atom stereocenters. The molecule has 1 N–H and O–H groups in total. The fourth-order valence-electron chi connectivity index (χ4n) is 2.28. The maximum Gasteiger partial charge on any atom is 0.334 e. The summed E-state index contributed by atoms with van der Waals surface area (Å²) < 4.78 is 5.13. The average molecular weight is 297 g/mol. The number of carbonyl (C=O) groups is 2. The first kappa shape index (κ1) is 15.0. The fraction of sp³-hybridized carbons (Fsp3) is 0.571. The minimum atomic E-state index is -1.02. The lowest BCUT2D eigenvalue weighted by Crippen LogP contribution is -2.48. The summed E-state index contributed by atoms with van der Waals surface area (Å²) in [4.78, 5) is 26.8. The first-order valence-electron chi connectivity index (χ1n) is 6.76. The Morgan fingerprint density at radius 3 is 2.95 bits per heavy atom. The van der Waals surface area contributed by atoms with Crippen LogP contribution in [0.25, 0.3) is 0 Å². The summed E-state index contributed by atoms with van der Waals surface area (Å²) >= 11 is 1.49. The van der Waals surface area contributed by atoms with E-state index in [0.29, 0.717) is 11.4 Å². The molecule has 1 amide bonds. The van der Waals surface area contributed by atoms with E-state index in [1.54, 1.807) is 4.90 Å². The molecule has 1 atom stereocenters. The Labute approximate surface area is 122 Å². The molecule has 1 aliphatic rings. The number of carboxylic acid groups (broad SMARTS) is 1. The summed E-state index contributed by atoms with van der Waals surface area (Å²) in [5.74, 6) is -1.11. The van der Waals surface area contributed by atoms with Gasteiger partial charge in [-0.05, 0) is 25.0 Å². The van der Waals surface area contributed by atoms with E-state index in [4.69, 9.17) is 9.84 Å². The van der Waals surface area contributed by atoms with Crippen molar-refractivity contribution in [3.05, 3.63) is 21.4 Å². The minimum Gasteiger partial charge on any atom is -0.479 e. The number of hydrogen-bond donors (Lipinski definition) is 1. The summed E-state index contributed by atoms with van der Waals surface area (Å²) in [6.07, 6.45) is 1.10. The molecule has 1 saturated heterocycles. The third-order valence-corrected chi connectivity index (χ3v) is 4.46. The smallest absolute Gasteiger partial charge is 0.334 e. The quantitative estimate of drug-likeness (QED) is 0.922. The zero-order valence-electron chi connectivity index (χ0n) is 11.7. The van der Waals surface area contributed by atoms with Crippen molar-refractivity contribution >= 4 is 23.2 Å². The summed E-state index contributed by atoms with van der Waals surface area (Å²) in [7, 11) is 0. The Morgan fingerprint density at radius 1 is 1.55 bits per heavy atom. The number of carbonyl (C=O) groups excluding carboxylic acids is 1. The van der Waals surface area contributed by atoms with Crippen molar-refractivity contribution in [2.24, 2.45) is 0 Å². The highest BCUT2D eigenvalue weighted by Crippen LogP contribution is 2.24. The van der Waals surface area contributed by atoms with Crippen molar-refractivity contribution in [1.82, 2.24) is 4.90 Å². The van der Waals surface area contributed by atoms with Gasteiger partial charge >= 0.3 is 5.97 Å². The van der Waals surface area contributed by atoms with Crippen LogP contribution in [0, 0.1) is 6.92 Å². The fourth-order valence-corrected chi connectivity index (χ4v) is 3.32. The van der Waals surface area contributed by atoms with Gasteiger partial charge in [0.2, 0.25) is 0 Å². The van der Waals surface area contributed by atoms with Gasteiger partial charge in [0.05, 0.1) is 18.0 Å². The maximum atomic E-state index is 12.4. The highest BCUT2D eigenvalue weighted by atomic mass is 32.1. The van der Waals surface area contributed by atoms with Crippen molar-refractivity contribution < 1.29 is 19.4 Å². The van der Waals surface area contributed by atoms with Gasteiger partial charge in [-0.2, -0.15) is 0 Å². The Balaban J connectivity index is 2.10. The van der Waals surface area contributed by atoms with E-state index in [1.165, 1.54) is 21.8 Å². The van der Waals surface area contributed by atoms with E-state index < -0.39 is 12.1 Å². The number of carboxylic acids is 1. The van der Waals surface area contributed by atoms with Gasteiger partial charge in [-0.15, -0.1) is 11.3 Å². The molecule has 1 aromatic rings. The average Bonchev–Trinajstić information content (AvgIpc) is 2.80. The summed E-state index contributed by atoms with van der Waals surface area (Å²) in [6, 6.07) is 1.94. The second-order valence-corrected chi connectivity index (χ2v) is 6.15. The highest BCUT2D eigenvalue weighted by Gasteiger charge is 2.30. The summed E-state index contributed by atoms with van der Waals surface area (Å²) in [5.41, 5.74) is 1.21. The molecule has 1 aliphatic heterocycles. The molecule has 0 bridgehead atoms. The standard InChI is InChI=1S/C14H19NO4S/c1-3-4-10-7-12(20-9(10)2)13(16)15-5-6-19-11(8-15)14(17)18/h7,11H,3-6,8H2,1-2H3,(H,17,18)/t11-/m0/s1. The number of ether oxygens (including phenoxy) is 1. The zero-order valence-corrected chi connectivity index (χ0v) is 12.5. The molecule has 0 radical (unpaired) electrons. The van der Waals surface area contributed by atoms with Crippen molar-refractivity contribution in [3.8, 4) is 0 Å². The number of nitrogens with zero attached hydrogens (tertiary/aromatic N) is 1. The monoisotopic (exact) mass is 297 g/mol. The van der Waals surface area contributed by atoms with Crippen LogP contribution in [0.5, 0.6) is 0 Å². The first-order chi connectivity index (χ1) is 9.52. The summed E-state index contributed by atoms with van der Waals surface area (Å²) in [5, 5.41) is 8.97. The molecule has 110 valence electrons. The van der Waals surface area contributed by atoms with Crippen molar-refractivity contribution in [2.75, 3.05) is 19.7 Å². The van der Waals surface area contributed by atoms with Gasteiger partial charge in [0.15, 0.2) is 6.10 Å². The molecule has 0 spiro atoms. The molecule has 0 aromatic carbocycles. The predicted molar refractivity (Wildman–Crippen MR) is 76.3 cm³/mol. The minimum absolute atomic E-state index is 0.0880. The van der Waals surface area contributed by atoms with Crippen LogP contribution in [0.1, 0.15) is 33.5 Å². The van der Waals surface area contributed by atoms with Crippen molar-refractivity contribution in [3.63, 3.8) is 0 Å². The highest BCUT2D eigenvalue weighted by molar-refractivity contribution is 7.14. The number of rotatable bonds is 4. The number of aliphatic carboxylic acids is 1. The lowest BCUT2D eigenvalue weighted by molar-refractivity contribution is -0.154. The van der Waals surface area contributed by atoms with Crippen LogP contribution >= 0.6 is 11.3 Å².